The normalized spacial score (nSPS) is 11.8. The van der Waals surface area contributed by atoms with Gasteiger partial charge in [-0.25, -0.2) is 0 Å². The maximum absolute atomic E-state index is 10.5. The van der Waals surface area contributed by atoms with Crippen LogP contribution in [0.5, 0.6) is 0 Å². The van der Waals surface area contributed by atoms with Crippen LogP contribution in [0.3, 0.4) is 0 Å². The minimum absolute atomic E-state index is 0.187. The van der Waals surface area contributed by atoms with Crippen LogP contribution in [-0.4, -0.2) is 21.3 Å². The van der Waals surface area contributed by atoms with Gasteiger partial charge >= 0.3 is 5.97 Å². The highest BCUT2D eigenvalue weighted by molar-refractivity contribution is 7.87. The van der Waals surface area contributed by atoms with Crippen LogP contribution in [0.25, 0.3) is 0 Å². The summed E-state index contributed by atoms with van der Waals surface area (Å²) in [7, 11) is 0. The Morgan fingerprint density at radius 2 is 2.00 bits per heavy atom. The number of hydrogen-bond acceptors (Lipinski definition) is 3. The number of rotatable bonds is 3. The Labute approximate surface area is 92.5 Å². The van der Waals surface area contributed by atoms with E-state index in [9.17, 15) is 4.79 Å². The molecular weight excluding hydrogens is 218 g/mol. The van der Waals surface area contributed by atoms with Gasteiger partial charge in [-0.05, 0) is 12.1 Å². The van der Waals surface area contributed by atoms with E-state index in [4.69, 9.17) is 17.3 Å². The summed E-state index contributed by atoms with van der Waals surface area (Å²) < 4.78 is 0. The lowest BCUT2D eigenvalue weighted by Gasteiger charge is -2.10. The number of aliphatic carboxylic acids is 1. The molecule has 5 heteroatoms. The second kappa shape index (κ2) is 4.97. The molecule has 0 amide bonds. The van der Waals surface area contributed by atoms with Crippen LogP contribution < -0.4 is 5.32 Å². The summed E-state index contributed by atoms with van der Waals surface area (Å²) >= 11 is 8.71. The molecular formula is C9H9NO2S2. The Bertz CT molecular complexity index is 340. The molecule has 1 aromatic rings. The highest BCUT2D eigenvalue weighted by atomic mass is 32.1. The van der Waals surface area contributed by atoms with Crippen LogP contribution in [0.15, 0.2) is 30.3 Å². The van der Waals surface area contributed by atoms with Gasteiger partial charge in [-0.2, -0.15) is 12.6 Å². The zero-order valence-corrected chi connectivity index (χ0v) is 8.89. The first-order valence-corrected chi connectivity index (χ1v) is 4.80. The third kappa shape index (κ3) is 3.01. The summed E-state index contributed by atoms with van der Waals surface area (Å²) in [4.78, 5) is 10.7. The molecule has 1 atom stereocenters. The number of anilines is 1. The van der Waals surface area contributed by atoms with Gasteiger partial charge in [0.05, 0.1) is 0 Å². The number of benzene rings is 1. The van der Waals surface area contributed by atoms with Gasteiger partial charge in [0, 0.05) is 5.69 Å². The topological polar surface area (TPSA) is 49.3 Å². The van der Waals surface area contributed by atoms with Crippen LogP contribution in [0.4, 0.5) is 5.69 Å². The Morgan fingerprint density at radius 1 is 1.43 bits per heavy atom. The Morgan fingerprint density at radius 3 is 2.50 bits per heavy atom. The second-order valence-corrected chi connectivity index (χ2v) is 3.55. The van der Waals surface area contributed by atoms with Crippen molar-refractivity contribution < 1.29 is 9.90 Å². The number of thiocarbonyl (C=S) groups is 1. The average Bonchev–Trinajstić information content (AvgIpc) is 2.18. The molecule has 0 heterocycles. The third-order valence-corrected chi connectivity index (χ3v) is 2.52. The molecule has 0 aliphatic rings. The Balaban J connectivity index is 2.62. The highest BCUT2D eigenvalue weighted by Gasteiger charge is 2.17. The van der Waals surface area contributed by atoms with Crippen molar-refractivity contribution in [2.45, 2.75) is 5.25 Å². The number of carbonyl (C=O) groups is 1. The highest BCUT2D eigenvalue weighted by Crippen LogP contribution is 2.08. The van der Waals surface area contributed by atoms with Crippen molar-refractivity contribution in [2.24, 2.45) is 0 Å². The fraction of sp³-hybridized carbons (Fsp3) is 0.111. The van der Waals surface area contributed by atoms with Gasteiger partial charge in [-0.3, -0.25) is 4.79 Å². The molecule has 0 radical (unpaired) electrons. The first kappa shape index (κ1) is 11.0. The van der Waals surface area contributed by atoms with Gasteiger partial charge in [0.25, 0.3) is 0 Å². The van der Waals surface area contributed by atoms with E-state index in [0.717, 1.165) is 5.69 Å². The Hall–Kier alpha value is -1.07. The summed E-state index contributed by atoms with van der Waals surface area (Å²) in [6.07, 6.45) is 0. The van der Waals surface area contributed by atoms with Crippen LogP contribution in [0, 0.1) is 0 Å². The van der Waals surface area contributed by atoms with E-state index in [1.54, 1.807) is 12.1 Å². The van der Waals surface area contributed by atoms with Crippen LogP contribution >= 0.6 is 24.8 Å². The van der Waals surface area contributed by atoms with Crippen molar-refractivity contribution in [1.29, 1.82) is 0 Å². The Kier molecular flexibility index (Phi) is 3.91. The molecule has 0 bridgehead atoms. The van der Waals surface area contributed by atoms with Gasteiger partial charge in [-0.15, -0.1) is 0 Å². The number of thiol groups is 1. The van der Waals surface area contributed by atoms with Crippen molar-refractivity contribution in [2.75, 3.05) is 5.32 Å². The third-order valence-electron chi connectivity index (χ3n) is 1.52. The molecule has 0 saturated carbocycles. The summed E-state index contributed by atoms with van der Waals surface area (Å²) in [6.45, 7) is 0. The first-order chi connectivity index (χ1) is 6.61. The number of hydrogen-bond donors (Lipinski definition) is 3. The van der Waals surface area contributed by atoms with Crippen LogP contribution in [0.1, 0.15) is 0 Å². The molecule has 74 valence electrons. The van der Waals surface area contributed by atoms with Crippen LogP contribution in [-0.2, 0) is 4.79 Å². The molecule has 14 heavy (non-hydrogen) atoms. The predicted octanol–water partition coefficient (Wildman–Crippen LogP) is 1.81. The summed E-state index contributed by atoms with van der Waals surface area (Å²) in [5.74, 6) is -1.05. The molecule has 2 N–H and O–H groups in total. The molecule has 1 rings (SSSR count). The first-order valence-electron chi connectivity index (χ1n) is 3.88. The minimum Gasteiger partial charge on any atom is -0.480 e. The predicted molar refractivity (Wildman–Crippen MR) is 63.1 cm³/mol. The monoisotopic (exact) mass is 227 g/mol. The maximum Gasteiger partial charge on any atom is 0.323 e. The molecule has 1 unspecified atom stereocenters. The number of nitrogens with one attached hydrogen (secondary N) is 1. The summed E-state index contributed by atoms with van der Waals surface area (Å²) in [5, 5.41) is 10.5. The van der Waals surface area contributed by atoms with Gasteiger partial charge in [0.15, 0.2) is 0 Å². The van der Waals surface area contributed by atoms with Gasteiger partial charge in [0.2, 0.25) is 0 Å². The number of carboxylic acid groups (broad SMARTS) is 1. The van der Waals surface area contributed by atoms with E-state index in [1.807, 2.05) is 18.2 Å². The van der Waals surface area contributed by atoms with Crippen molar-refractivity contribution >= 4 is 41.5 Å². The van der Waals surface area contributed by atoms with Crippen molar-refractivity contribution in [3.63, 3.8) is 0 Å². The minimum atomic E-state index is -1.05. The average molecular weight is 227 g/mol. The lowest BCUT2D eigenvalue weighted by molar-refractivity contribution is -0.135. The van der Waals surface area contributed by atoms with Gasteiger partial charge < -0.3 is 10.4 Å². The molecule has 0 aliphatic heterocycles. The van der Waals surface area contributed by atoms with Crippen molar-refractivity contribution in [3.05, 3.63) is 30.3 Å². The quantitative estimate of drug-likeness (QED) is 0.544. The zero-order chi connectivity index (χ0) is 10.6. The van der Waals surface area contributed by atoms with E-state index < -0.39 is 11.2 Å². The molecule has 0 spiro atoms. The second-order valence-electron chi connectivity index (χ2n) is 2.60. The fourth-order valence-electron chi connectivity index (χ4n) is 0.844. The van der Waals surface area contributed by atoms with Gasteiger partial charge in [-0.1, -0.05) is 30.4 Å². The van der Waals surface area contributed by atoms with Crippen molar-refractivity contribution in [1.82, 2.24) is 0 Å². The summed E-state index contributed by atoms with van der Waals surface area (Å²) in [5.41, 5.74) is 0.762. The van der Waals surface area contributed by atoms with E-state index in [1.165, 1.54) is 0 Å². The smallest absolute Gasteiger partial charge is 0.323 e. The lowest BCUT2D eigenvalue weighted by atomic mass is 10.3. The lowest BCUT2D eigenvalue weighted by Crippen LogP contribution is -2.28. The molecule has 1 aromatic carbocycles. The van der Waals surface area contributed by atoms with Crippen LogP contribution in [0.2, 0.25) is 0 Å². The van der Waals surface area contributed by atoms with Gasteiger partial charge in [0.1, 0.15) is 10.2 Å². The number of para-hydroxylation sites is 1. The maximum atomic E-state index is 10.5. The molecule has 3 nitrogen and oxygen atoms in total. The zero-order valence-electron chi connectivity index (χ0n) is 7.18. The fourth-order valence-corrected chi connectivity index (χ4v) is 1.13. The molecule has 0 saturated heterocycles. The molecule has 0 aromatic heterocycles. The standard InChI is InChI=1S/C9H9NO2S2/c11-9(12)7(13)8(14)10-6-4-2-1-3-5-6/h1-5,7,13H,(H,10,14)(H,11,12). The van der Waals surface area contributed by atoms with E-state index in [-0.39, 0.29) is 4.99 Å². The molecule has 0 fully saturated rings. The van der Waals surface area contributed by atoms with E-state index in [2.05, 4.69) is 17.9 Å². The largest absolute Gasteiger partial charge is 0.480 e. The summed E-state index contributed by atoms with van der Waals surface area (Å²) in [6, 6.07) is 9.13. The SMILES string of the molecule is O=C(O)C(S)C(=S)Nc1ccccc1. The molecule has 0 aliphatic carbocycles. The number of carboxylic acids is 1. The van der Waals surface area contributed by atoms with Crippen molar-refractivity contribution in [3.8, 4) is 0 Å². The van der Waals surface area contributed by atoms with E-state index >= 15 is 0 Å². The van der Waals surface area contributed by atoms with E-state index in [0.29, 0.717) is 0 Å².